The maximum absolute atomic E-state index is 12.9. The third-order valence-corrected chi connectivity index (χ3v) is 3.13. The number of halogens is 3. The Kier molecular flexibility index (Phi) is 2.53. The first-order chi connectivity index (χ1) is 8.98. The summed E-state index contributed by atoms with van der Waals surface area (Å²) in [4.78, 5) is 12.1. The summed E-state index contributed by atoms with van der Waals surface area (Å²) >= 11 is 0. The van der Waals surface area contributed by atoms with Crippen molar-refractivity contribution in [2.45, 2.75) is 19.3 Å². The van der Waals surface area contributed by atoms with Gasteiger partial charge < -0.3 is 5.32 Å². The van der Waals surface area contributed by atoms with Gasteiger partial charge >= 0.3 is 6.18 Å². The normalized spacial score (nSPS) is 14.7. The summed E-state index contributed by atoms with van der Waals surface area (Å²) in [5, 5.41) is 5.70. The number of aromatic amines is 1. The molecule has 1 aromatic carbocycles. The van der Waals surface area contributed by atoms with E-state index in [1.54, 1.807) is 0 Å². The number of nitrogens with one attached hydrogen (secondary N) is 2. The minimum absolute atomic E-state index is 0.172. The SMILES string of the molecule is O=c1c2c([nH]n1-c1ccccc1C(F)(F)F)CNC2. The van der Waals surface area contributed by atoms with Crippen molar-refractivity contribution in [3.8, 4) is 5.69 Å². The highest BCUT2D eigenvalue weighted by atomic mass is 19.4. The first-order valence-electron chi connectivity index (χ1n) is 5.68. The van der Waals surface area contributed by atoms with Crippen LogP contribution in [-0.4, -0.2) is 9.78 Å². The van der Waals surface area contributed by atoms with Gasteiger partial charge in [0.1, 0.15) is 0 Å². The fraction of sp³-hybridized carbons (Fsp3) is 0.250. The largest absolute Gasteiger partial charge is 0.418 e. The van der Waals surface area contributed by atoms with Crippen LogP contribution in [0.3, 0.4) is 0 Å². The maximum Gasteiger partial charge on any atom is 0.418 e. The van der Waals surface area contributed by atoms with Gasteiger partial charge in [0.25, 0.3) is 5.56 Å². The van der Waals surface area contributed by atoms with E-state index in [9.17, 15) is 18.0 Å². The van der Waals surface area contributed by atoms with Crippen LogP contribution < -0.4 is 10.9 Å². The van der Waals surface area contributed by atoms with Crippen molar-refractivity contribution in [3.63, 3.8) is 0 Å². The van der Waals surface area contributed by atoms with E-state index in [0.717, 1.165) is 10.7 Å². The summed E-state index contributed by atoms with van der Waals surface area (Å²) in [5.41, 5.74) is -0.296. The number of benzene rings is 1. The van der Waals surface area contributed by atoms with Crippen LogP contribution in [0.5, 0.6) is 0 Å². The number of rotatable bonds is 1. The van der Waals surface area contributed by atoms with Crippen molar-refractivity contribution in [2.24, 2.45) is 0 Å². The number of para-hydroxylation sites is 1. The van der Waals surface area contributed by atoms with Crippen molar-refractivity contribution < 1.29 is 13.2 Å². The minimum Gasteiger partial charge on any atom is -0.307 e. The Hall–Kier alpha value is -2.02. The number of H-pyrrole nitrogens is 1. The quantitative estimate of drug-likeness (QED) is 0.829. The molecule has 19 heavy (non-hydrogen) atoms. The zero-order valence-electron chi connectivity index (χ0n) is 9.71. The lowest BCUT2D eigenvalue weighted by molar-refractivity contribution is -0.137. The van der Waals surface area contributed by atoms with Gasteiger partial charge in [0.2, 0.25) is 0 Å². The van der Waals surface area contributed by atoms with Crippen LogP contribution in [-0.2, 0) is 19.3 Å². The third-order valence-electron chi connectivity index (χ3n) is 3.13. The lowest BCUT2D eigenvalue weighted by Crippen LogP contribution is -2.22. The molecule has 0 radical (unpaired) electrons. The van der Waals surface area contributed by atoms with Gasteiger partial charge in [-0.1, -0.05) is 12.1 Å². The van der Waals surface area contributed by atoms with Gasteiger partial charge in [0.05, 0.1) is 22.5 Å². The zero-order valence-corrected chi connectivity index (χ0v) is 9.71. The molecule has 1 aliphatic rings. The molecule has 0 fully saturated rings. The first-order valence-corrected chi connectivity index (χ1v) is 5.68. The van der Waals surface area contributed by atoms with E-state index in [0.29, 0.717) is 24.3 Å². The summed E-state index contributed by atoms with van der Waals surface area (Å²) < 4.78 is 39.7. The summed E-state index contributed by atoms with van der Waals surface area (Å²) in [5.74, 6) is 0. The van der Waals surface area contributed by atoms with Crippen molar-refractivity contribution in [2.75, 3.05) is 0 Å². The number of fused-ring (bicyclic) bond motifs is 1. The molecule has 2 heterocycles. The highest BCUT2D eigenvalue weighted by molar-refractivity contribution is 5.43. The summed E-state index contributed by atoms with van der Waals surface area (Å²) in [6.45, 7) is 0.845. The van der Waals surface area contributed by atoms with E-state index >= 15 is 0 Å². The maximum atomic E-state index is 12.9. The fourth-order valence-corrected chi connectivity index (χ4v) is 2.24. The molecule has 2 aromatic rings. The molecule has 0 amide bonds. The molecule has 100 valence electrons. The van der Waals surface area contributed by atoms with E-state index in [2.05, 4.69) is 10.4 Å². The van der Waals surface area contributed by atoms with Gasteiger partial charge in [-0.3, -0.25) is 9.89 Å². The standard InChI is InChI=1S/C12H10F3N3O/c13-12(14,15)8-3-1-2-4-10(8)18-11(19)7-5-16-6-9(7)17-18/h1-4,16-17H,5-6H2. The van der Waals surface area contributed by atoms with Gasteiger partial charge in [0.15, 0.2) is 0 Å². The Morgan fingerprint density at radius 3 is 2.58 bits per heavy atom. The Labute approximate surface area is 105 Å². The molecular weight excluding hydrogens is 259 g/mol. The van der Waals surface area contributed by atoms with Gasteiger partial charge in [-0.05, 0) is 12.1 Å². The second-order valence-corrected chi connectivity index (χ2v) is 4.33. The number of nitrogens with zero attached hydrogens (tertiary/aromatic N) is 1. The molecular formula is C12H10F3N3O. The van der Waals surface area contributed by atoms with Crippen LogP contribution >= 0.6 is 0 Å². The molecule has 7 heteroatoms. The van der Waals surface area contributed by atoms with Gasteiger partial charge in [-0.2, -0.15) is 13.2 Å². The van der Waals surface area contributed by atoms with Crippen molar-refractivity contribution >= 4 is 0 Å². The predicted octanol–water partition coefficient (Wildman–Crippen LogP) is 1.79. The van der Waals surface area contributed by atoms with Crippen LogP contribution in [0, 0.1) is 0 Å². The molecule has 1 aromatic heterocycles. The van der Waals surface area contributed by atoms with E-state index in [4.69, 9.17) is 0 Å². The van der Waals surface area contributed by atoms with Crippen LogP contribution in [0.25, 0.3) is 5.69 Å². The fourth-order valence-electron chi connectivity index (χ4n) is 2.24. The average molecular weight is 269 g/mol. The molecule has 0 saturated heterocycles. The number of hydrogen-bond donors (Lipinski definition) is 2. The first kappa shape index (κ1) is 12.0. The molecule has 2 N–H and O–H groups in total. The monoisotopic (exact) mass is 269 g/mol. The van der Waals surface area contributed by atoms with E-state index in [1.165, 1.54) is 18.2 Å². The lowest BCUT2D eigenvalue weighted by Gasteiger charge is -2.12. The Morgan fingerprint density at radius 2 is 1.89 bits per heavy atom. The van der Waals surface area contributed by atoms with Crippen molar-refractivity contribution in [3.05, 3.63) is 51.4 Å². The van der Waals surface area contributed by atoms with Crippen molar-refractivity contribution in [1.82, 2.24) is 15.1 Å². The number of aromatic nitrogens is 2. The van der Waals surface area contributed by atoms with Crippen LogP contribution in [0.15, 0.2) is 29.1 Å². The second kappa shape index (κ2) is 3.99. The van der Waals surface area contributed by atoms with Gasteiger partial charge in [-0.25, -0.2) is 4.68 Å². The molecule has 1 aliphatic heterocycles. The van der Waals surface area contributed by atoms with E-state index < -0.39 is 17.3 Å². The summed E-state index contributed by atoms with van der Waals surface area (Å²) in [6, 6.07) is 5.02. The molecule has 0 unspecified atom stereocenters. The molecule has 0 spiro atoms. The zero-order chi connectivity index (χ0) is 13.6. The minimum atomic E-state index is -4.50. The summed E-state index contributed by atoms with van der Waals surface area (Å²) in [6.07, 6.45) is -4.50. The van der Waals surface area contributed by atoms with Crippen LogP contribution in [0.1, 0.15) is 16.8 Å². The molecule has 0 saturated carbocycles. The Morgan fingerprint density at radius 1 is 1.16 bits per heavy atom. The molecule has 4 nitrogen and oxygen atoms in total. The second-order valence-electron chi connectivity index (χ2n) is 4.33. The Bertz CT molecular complexity index is 684. The van der Waals surface area contributed by atoms with Crippen molar-refractivity contribution in [1.29, 1.82) is 0 Å². The van der Waals surface area contributed by atoms with Crippen LogP contribution in [0.2, 0.25) is 0 Å². The van der Waals surface area contributed by atoms with Crippen LogP contribution in [0.4, 0.5) is 13.2 Å². The third kappa shape index (κ3) is 1.86. The topological polar surface area (TPSA) is 49.8 Å². The molecule has 0 aliphatic carbocycles. The molecule has 0 atom stereocenters. The molecule has 3 rings (SSSR count). The highest BCUT2D eigenvalue weighted by Crippen LogP contribution is 2.33. The Balaban J connectivity index is 2.21. The number of alkyl halides is 3. The summed E-state index contributed by atoms with van der Waals surface area (Å²) in [7, 11) is 0. The molecule has 0 bridgehead atoms. The average Bonchev–Trinajstić information content (AvgIpc) is 2.92. The van der Waals surface area contributed by atoms with Gasteiger partial charge in [0, 0.05) is 13.1 Å². The smallest absolute Gasteiger partial charge is 0.307 e. The van der Waals surface area contributed by atoms with E-state index in [-0.39, 0.29) is 5.69 Å². The number of hydrogen-bond acceptors (Lipinski definition) is 2. The van der Waals surface area contributed by atoms with E-state index in [1.807, 2.05) is 0 Å². The van der Waals surface area contributed by atoms with Gasteiger partial charge in [-0.15, -0.1) is 0 Å². The lowest BCUT2D eigenvalue weighted by atomic mass is 10.1. The predicted molar refractivity (Wildman–Crippen MR) is 61.9 cm³/mol. The highest BCUT2D eigenvalue weighted by Gasteiger charge is 2.34.